The normalized spacial score (nSPS) is 14.3. The van der Waals surface area contributed by atoms with Crippen LogP contribution in [0.4, 0.5) is 0 Å². The minimum atomic E-state index is 0.00945. The number of carbonyl (C=O) groups excluding carboxylic acids is 1. The van der Waals surface area contributed by atoms with Gasteiger partial charge in [0.05, 0.1) is 22.9 Å². The topological polar surface area (TPSA) is 63.6 Å². The molecule has 0 fully saturated rings. The van der Waals surface area contributed by atoms with Crippen molar-refractivity contribution in [2.24, 2.45) is 0 Å². The molecule has 5 heteroatoms. The van der Waals surface area contributed by atoms with E-state index in [1.54, 1.807) is 18.5 Å². The zero-order chi connectivity index (χ0) is 16.1. The van der Waals surface area contributed by atoms with Gasteiger partial charge >= 0.3 is 0 Å². The van der Waals surface area contributed by atoms with Gasteiger partial charge in [0.15, 0.2) is 5.78 Å². The Labute approximate surface area is 137 Å². The lowest BCUT2D eigenvalue weighted by Crippen LogP contribution is -2.10. The molecule has 0 aromatic heterocycles. The highest BCUT2D eigenvalue weighted by Crippen LogP contribution is 2.31. The molecule has 1 aromatic rings. The molecule has 1 N–H and O–H groups in total. The lowest BCUT2D eigenvalue weighted by molar-refractivity contribution is -0.110. The predicted octanol–water partition coefficient (Wildman–Crippen LogP) is 2.42. The maximum absolute atomic E-state index is 11.4. The number of benzene rings is 1. The fraction of sp³-hybridized carbons (Fsp3) is 0. The summed E-state index contributed by atoms with van der Waals surface area (Å²) in [5.74, 6) is 0.00945. The summed E-state index contributed by atoms with van der Waals surface area (Å²) >= 11 is 0. The summed E-state index contributed by atoms with van der Waals surface area (Å²) in [6.07, 6.45) is 12.2. The van der Waals surface area contributed by atoms with Gasteiger partial charge in [-0.15, -0.1) is 0 Å². The number of fused-ring (bicyclic) bond motifs is 2. The lowest BCUT2D eigenvalue weighted by Gasteiger charge is -2.10. The Morgan fingerprint density at radius 2 is 1.83 bits per heavy atom. The summed E-state index contributed by atoms with van der Waals surface area (Å²) in [4.78, 5) is 20.2. The standard InChI is InChI=1S/C19H12N4O/c24-15-5-2-12(3-6-15)16-7-8-17-18-13(9-21-19(16)18)1-4-14-10-20-11-22-23(14)17/h1-11H,(H,20,22). The lowest BCUT2D eigenvalue weighted by atomic mass is 10.0. The molecular formula is C19H12N4O. The molecule has 0 bridgehead atoms. The third kappa shape index (κ3) is 1.78. The molecule has 3 heterocycles. The number of H-pyrrole nitrogens is 1. The Kier molecular flexibility index (Phi) is 2.58. The van der Waals surface area contributed by atoms with E-state index >= 15 is 0 Å². The first kappa shape index (κ1) is 13.0. The molecule has 0 radical (unpaired) electrons. The number of carbonyl (C=O) groups is 1. The summed E-state index contributed by atoms with van der Waals surface area (Å²) in [6.45, 7) is 0. The van der Waals surface area contributed by atoms with Crippen LogP contribution in [0.5, 0.6) is 0 Å². The van der Waals surface area contributed by atoms with Crippen LogP contribution in [-0.4, -0.2) is 25.5 Å². The summed E-state index contributed by atoms with van der Waals surface area (Å²) in [6, 6.07) is 8.19. The highest BCUT2D eigenvalue weighted by Gasteiger charge is 2.16. The largest absolute Gasteiger partial charge is 0.290 e. The predicted molar refractivity (Wildman–Crippen MR) is 91.8 cm³/mol. The molecule has 24 heavy (non-hydrogen) atoms. The van der Waals surface area contributed by atoms with Crippen molar-refractivity contribution in [2.75, 3.05) is 0 Å². The molecular weight excluding hydrogens is 300 g/mol. The molecule has 5 rings (SSSR count). The van der Waals surface area contributed by atoms with E-state index in [0.717, 1.165) is 38.6 Å². The summed E-state index contributed by atoms with van der Waals surface area (Å²) in [5, 5.41) is 4.19. The van der Waals surface area contributed by atoms with Gasteiger partial charge in [0.2, 0.25) is 0 Å². The number of aromatic amines is 1. The molecule has 114 valence electrons. The maximum Gasteiger partial charge on any atom is 0.178 e. The van der Waals surface area contributed by atoms with Crippen LogP contribution in [0, 0.1) is 0 Å². The number of hydrogen-bond donors (Lipinski definition) is 1. The van der Waals surface area contributed by atoms with Crippen molar-refractivity contribution in [3.63, 3.8) is 0 Å². The van der Waals surface area contributed by atoms with Crippen LogP contribution in [0.3, 0.4) is 0 Å². The van der Waals surface area contributed by atoms with Crippen molar-refractivity contribution in [2.45, 2.75) is 0 Å². The van der Waals surface area contributed by atoms with E-state index in [9.17, 15) is 4.79 Å². The highest BCUT2D eigenvalue weighted by molar-refractivity contribution is 6.05. The molecule has 0 atom stereocenters. The Balaban J connectivity index is 1.94. The molecule has 0 saturated carbocycles. The van der Waals surface area contributed by atoms with Gasteiger partial charge in [-0.25, -0.2) is 4.98 Å². The Morgan fingerprint density at radius 3 is 2.71 bits per heavy atom. The minimum Gasteiger partial charge on any atom is -0.290 e. The smallest absolute Gasteiger partial charge is 0.178 e. The van der Waals surface area contributed by atoms with Crippen molar-refractivity contribution in [1.82, 2.24) is 19.7 Å². The van der Waals surface area contributed by atoms with Gasteiger partial charge in [-0.1, -0.05) is 24.3 Å². The van der Waals surface area contributed by atoms with Gasteiger partial charge in [-0.2, -0.15) is 0 Å². The number of nitrogens with one attached hydrogen (secondary N) is 1. The third-order valence-corrected chi connectivity index (χ3v) is 4.34. The Bertz CT molecular complexity index is 1160. The molecule has 3 aliphatic heterocycles. The second-order valence-corrected chi connectivity index (χ2v) is 5.72. The van der Waals surface area contributed by atoms with Crippen LogP contribution < -0.4 is 5.22 Å². The monoisotopic (exact) mass is 312 g/mol. The first-order valence-corrected chi connectivity index (χ1v) is 7.63. The zero-order valence-electron chi connectivity index (χ0n) is 12.6. The summed E-state index contributed by atoms with van der Waals surface area (Å²) in [5.41, 5.74) is 6.07. The Morgan fingerprint density at radius 1 is 0.958 bits per heavy atom. The van der Waals surface area contributed by atoms with E-state index in [2.05, 4.69) is 27.2 Å². The van der Waals surface area contributed by atoms with Crippen molar-refractivity contribution >= 4 is 22.4 Å². The number of nitrogens with zero attached hydrogens (tertiary/aromatic N) is 3. The SMILES string of the molecule is O=C1C=CC(=c2ccc3c4c2ncc-4ccc2cnc[nH]n3-2)C=C1. The molecule has 0 spiro atoms. The highest BCUT2D eigenvalue weighted by atomic mass is 16.1. The van der Waals surface area contributed by atoms with Crippen molar-refractivity contribution < 1.29 is 4.79 Å². The first-order chi connectivity index (χ1) is 11.8. The van der Waals surface area contributed by atoms with Gasteiger partial charge in [-0.3, -0.25) is 19.6 Å². The van der Waals surface area contributed by atoms with E-state index in [4.69, 9.17) is 0 Å². The van der Waals surface area contributed by atoms with Crippen LogP contribution in [-0.2, 0) is 4.79 Å². The van der Waals surface area contributed by atoms with Gasteiger partial charge in [0.25, 0.3) is 0 Å². The second kappa shape index (κ2) is 4.76. The molecule has 0 saturated heterocycles. The fourth-order valence-electron chi connectivity index (χ4n) is 3.22. The van der Waals surface area contributed by atoms with Gasteiger partial charge < -0.3 is 0 Å². The summed E-state index contributed by atoms with van der Waals surface area (Å²) in [7, 11) is 0. The van der Waals surface area contributed by atoms with E-state index in [0.29, 0.717) is 0 Å². The molecule has 4 aliphatic rings. The Hall–Kier alpha value is -3.47. The van der Waals surface area contributed by atoms with E-state index in [1.165, 1.54) is 0 Å². The fourth-order valence-corrected chi connectivity index (χ4v) is 3.22. The molecule has 0 amide bonds. The van der Waals surface area contributed by atoms with E-state index in [1.807, 2.05) is 41.4 Å². The third-order valence-electron chi connectivity index (χ3n) is 4.34. The van der Waals surface area contributed by atoms with Crippen LogP contribution in [0.15, 0.2) is 67.3 Å². The molecule has 5 nitrogen and oxygen atoms in total. The maximum atomic E-state index is 11.4. The van der Waals surface area contributed by atoms with Crippen LogP contribution in [0.2, 0.25) is 0 Å². The van der Waals surface area contributed by atoms with Gasteiger partial charge in [-0.05, 0) is 29.9 Å². The number of rotatable bonds is 0. The van der Waals surface area contributed by atoms with Gasteiger partial charge in [0, 0.05) is 22.5 Å². The van der Waals surface area contributed by atoms with E-state index < -0.39 is 0 Å². The average Bonchev–Trinajstić information content (AvgIpc) is 2.97. The number of aromatic nitrogens is 4. The van der Waals surface area contributed by atoms with Crippen molar-refractivity contribution in [3.8, 4) is 16.8 Å². The zero-order valence-corrected chi connectivity index (χ0v) is 12.6. The van der Waals surface area contributed by atoms with Crippen molar-refractivity contribution in [3.05, 3.63) is 72.5 Å². The number of allylic oxidation sites excluding steroid dienone is 4. The number of ketones is 1. The van der Waals surface area contributed by atoms with E-state index in [-0.39, 0.29) is 5.78 Å². The number of hydrogen-bond acceptors (Lipinski definition) is 3. The van der Waals surface area contributed by atoms with Crippen LogP contribution >= 0.6 is 0 Å². The second-order valence-electron chi connectivity index (χ2n) is 5.72. The van der Waals surface area contributed by atoms with Crippen molar-refractivity contribution in [1.29, 1.82) is 0 Å². The molecule has 1 aromatic carbocycles. The van der Waals surface area contributed by atoms with Crippen LogP contribution in [0.1, 0.15) is 0 Å². The quantitative estimate of drug-likeness (QED) is 0.542. The molecule has 1 aliphatic carbocycles. The molecule has 0 unspecified atom stereocenters. The minimum absolute atomic E-state index is 0.00945. The average molecular weight is 312 g/mol. The first-order valence-electron chi connectivity index (χ1n) is 7.63. The summed E-state index contributed by atoms with van der Waals surface area (Å²) < 4.78 is 1.99. The van der Waals surface area contributed by atoms with Crippen LogP contribution in [0.25, 0.3) is 33.4 Å². The van der Waals surface area contributed by atoms with Gasteiger partial charge in [0.1, 0.15) is 6.33 Å².